The molecule has 1 saturated carbocycles. The van der Waals surface area contributed by atoms with Crippen molar-refractivity contribution in [2.24, 2.45) is 17.3 Å². The van der Waals surface area contributed by atoms with Gasteiger partial charge >= 0.3 is 11.9 Å². The van der Waals surface area contributed by atoms with Crippen molar-refractivity contribution in [3.05, 3.63) is 29.8 Å². The van der Waals surface area contributed by atoms with Gasteiger partial charge in [-0.15, -0.1) is 0 Å². The van der Waals surface area contributed by atoms with E-state index >= 15 is 0 Å². The highest BCUT2D eigenvalue weighted by Gasteiger charge is 2.32. The predicted octanol–water partition coefficient (Wildman–Crippen LogP) is 3.09. The lowest BCUT2D eigenvalue weighted by Gasteiger charge is -2.18. The van der Waals surface area contributed by atoms with Gasteiger partial charge in [0.2, 0.25) is 0 Å². The first-order valence-corrected chi connectivity index (χ1v) is 9.70. The number of hydrogen-bond acceptors (Lipinski definition) is 6. The molecule has 1 unspecified atom stereocenters. The Morgan fingerprint density at radius 3 is 2.29 bits per heavy atom. The van der Waals surface area contributed by atoms with Crippen molar-refractivity contribution in [1.82, 2.24) is 0 Å². The van der Waals surface area contributed by atoms with Crippen LogP contribution in [0.2, 0.25) is 0 Å². The maximum atomic E-state index is 12.5. The number of aliphatic hydroxyl groups excluding tert-OH is 1. The fraction of sp³-hybridized carbons (Fsp3) is 0.591. The highest BCUT2D eigenvalue weighted by molar-refractivity contribution is 5.86. The predicted molar refractivity (Wildman–Crippen MR) is 104 cm³/mol. The van der Waals surface area contributed by atoms with Crippen molar-refractivity contribution in [3.63, 3.8) is 0 Å². The Labute approximate surface area is 166 Å². The summed E-state index contributed by atoms with van der Waals surface area (Å²) in [4.78, 5) is 36.6. The summed E-state index contributed by atoms with van der Waals surface area (Å²) in [5.74, 6) is -1.05. The van der Waals surface area contributed by atoms with E-state index < -0.39 is 23.4 Å². The summed E-state index contributed by atoms with van der Waals surface area (Å²) in [6, 6.07) is 6.93. The number of aliphatic hydroxyl groups is 1. The number of ketones is 1. The van der Waals surface area contributed by atoms with Crippen LogP contribution in [-0.4, -0.2) is 36.0 Å². The number of benzene rings is 1. The zero-order valence-electron chi connectivity index (χ0n) is 17.1. The monoisotopic (exact) mass is 390 g/mol. The van der Waals surface area contributed by atoms with E-state index in [0.29, 0.717) is 31.4 Å². The van der Waals surface area contributed by atoms with Gasteiger partial charge in [0.05, 0.1) is 24.5 Å². The topological polar surface area (TPSA) is 89.9 Å². The number of hydrogen-bond donors (Lipinski definition) is 1. The molecule has 6 nitrogen and oxygen atoms in total. The molecule has 0 spiro atoms. The Morgan fingerprint density at radius 2 is 1.79 bits per heavy atom. The van der Waals surface area contributed by atoms with Crippen molar-refractivity contribution >= 4 is 17.7 Å². The molecule has 0 amide bonds. The normalized spacial score (nSPS) is 20.5. The highest BCUT2D eigenvalue weighted by atomic mass is 16.5. The second kappa shape index (κ2) is 9.32. The van der Waals surface area contributed by atoms with Crippen molar-refractivity contribution in [3.8, 4) is 5.75 Å². The van der Waals surface area contributed by atoms with Gasteiger partial charge in [0.1, 0.15) is 11.5 Å². The minimum Gasteiger partial charge on any atom is -0.469 e. The Morgan fingerprint density at radius 1 is 1.14 bits per heavy atom. The van der Waals surface area contributed by atoms with Crippen molar-refractivity contribution < 1.29 is 29.0 Å². The Hall–Kier alpha value is -2.21. The van der Waals surface area contributed by atoms with E-state index in [1.807, 2.05) is 0 Å². The molecular formula is C22H30O6. The number of ether oxygens (including phenoxy) is 2. The molecule has 1 aliphatic rings. The van der Waals surface area contributed by atoms with Gasteiger partial charge in [-0.1, -0.05) is 12.1 Å². The second-order valence-corrected chi connectivity index (χ2v) is 8.54. The minimum absolute atomic E-state index is 0.00248. The highest BCUT2D eigenvalue weighted by Crippen LogP contribution is 2.29. The van der Waals surface area contributed by atoms with E-state index in [4.69, 9.17) is 9.47 Å². The molecule has 2 rings (SSSR count). The van der Waals surface area contributed by atoms with Gasteiger partial charge in [0.15, 0.2) is 0 Å². The van der Waals surface area contributed by atoms with Crippen molar-refractivity contribution in [2.45, 2.75) is 59.0 Å². The summed E-state index contributed by atoms with van der Waals surface area (Å²) in [5.41, 5.74) is 0.258. The van der Waals surface area contributed by atoms with Gasteiger partial charge in [-0.3, -0.25) is 14.4 Å². The van der Waals surface area contributed by atoms with E-state index in [9.17, 15) is 19.5 Å². The van der Waals surface area contributed by atoms with Gasteiger partial charge in [-0.05, 0) is 64.2 Å². The van der Waals surface area contributed by atoms with Crippen LogP contribution >= 0.6 is 0 Å². The number of rotatable bonds is 7. The first-order chi connectivity index (χ1) is 13.1. The third kappa shape index (κ3) is 6.16. The van der Waals surface area contributed by atoms with Crippen LogP contribution < -0.4 is 4.74 Å². The van der Waals surface area contributed by atoms with Crippen LogP contribution in [0.4, 0.5) is 0 Å². The molecule has 1 aromatic rings. The standard InChI is InChI=1S/C22H30O6/c1-22(2,3)21(26)28-18-9-5-14(6-10-18)11-16(20(25)27-4)13-19(24)15-7-8-17(23)12-15/h5-6,9-10,15-17,23H,7-8,11-13H2,1-4H3/t15-,16-,17?/m1/s1. The minimum atomic E-state index is -0.594. The third-order valence-corrected chi connectivity index (χ3v) is 5.07. The molecule has 0 radical (unpaired) electrons. The molecule has 0 saturated heterocycles. The van der Waals surface area contributed by atoms with Crippen LogP contribution in [0, 0.1) is 17.3 Å². The van der Waals surface area contributed by atoms with Gasteiger partial charge in [0.25, 0.3) is 0 Å². The average molecular weight is 390 g/mol. The molecule has 0 heterocycles. The Balaban J connectivity index is 2.01. The quantitative estimate of drug-likeness (QED) is 0.568. The van der Waals surface area contributed by atoms with E-state index in [1.54, 1.807) is 45.0 Å². The lowest BCUT2D eigenvalue weighted by atomic mass is 9.89. The fourth-order valence-electron chi connectivity index (χ4n) is 3.30. The maximum Gasteiger partial charge on any atom is 0.316 e. The Kier molecular flexibility index (Phi) is 7.35. The van der Waals surface area contributed by atoms with E-state index in [1.165, 1.54) is 7.11 Å². The van der Waals surface area contributed by atoms with E-state index in [0.717, 1.165) is 5.56 Å². The Bertz CT molecular complexity index is 701. The summed E-state index contributed by atoms with van der Waals surface area (Å²) in [6.07, 6.45) is 1.82. The zero-order valence-corrected chi connectivity index (χ0v) is 17.1. The van der Waals surface area contributed by atoms with Gasteiger partial charge in [-0.25, -0.2) is 0 Å². The summed E-state index contributed by atoms with van der Waals surface area (Å²) in [7, 11) is 1.31. The van der Waals surface area contributed by atoms with Crippen LogP contribution in [0.15, 0.2) is 24.3 Å². The van der Waals surface area contributed by atoms with Crippen LogP contribution in [0.1, 0.15) is 52.0 Å². The SMILES string of the molecule is COC(=O)[C@@H](CC(=O)[C@@H]1CCC(O)C1)Cc1ccc(OC(=O)C(C)(C)C)cc1. The number of carbonyl (C=O) groups excluding carboxylic acids is 3. The van der Waals surface area contributed by atoms with Gasteiger partial charge < -0.3 is 14.6 Å². The van der Waals surface area contributed by atoms with Crippen LogP contribution in [0.3, 0.4) is 0 Å². The molecule has 1 N–H and O–H groups in total. The average Bonchev–Trinajstić information content (AvgIpc) is 3.07. The molecule has 6 heteroatoms. The molecule has 0 aliphatic heterocycles. The molecule has 28 heavy (non-hydrogen) atoms. The molecule has 1 fully saturated rings. The van der Waals surface area contributed by atoms with Crippen molar-refractivity contribution in [2.75, 3.05) is 7.11 Å². The van der Waals surface area contributed by atoms with E-state index in [-0.39, 0.29) is 24.1 Å². The molecule has 1 aliphatic carbocycles. The third-order valence-electron chi connectivity index (χ3n) is 5.07. The molecule has 1 aromatic carbocycles. The molecule has 0 bridgehead atoms. The largest absolute Gasteiger partial charge is 0.469 e. The molecule has 3 atom stereocenters. The van der Waals surface area contributed by atoms with Crippen LogP contribution in [0.5, 0.6) is 5.75 Å². The molecule has 0 aromatic heterocycles. The zero-order chi connectivity index (χ0) is 20.9. The van der Waals surface area contributed by atoms with Gasteiger partial charge in [-0.2, -0.15) is 0 Å². The summed E-state index contributed by atoms with van der Waals surface area (Å²) < 4.78 is 10.2. The van der Waals surface area contributed by atoms with Crippen LogP contribution in [0.25, 0.3) is 0 Å². The smallest absolute Gasteiger partial charge is 0.316 e. The number of carbonyl (C=O) groups is 3. The second-order valence-electron chi connectivity index (χ2n) is 8.54. The number of Topliss-reactive ketones (excluding diaryl/α,β-unsaturated/α-hetero) is 1. The van der Waals surface area contributed by atoms with E-state index in [2.05, 4.69) is 0 Å². The van der Waals surface area contributed by atoms with Crippen molar-refractivity contribution in [1.29, 1.82) is 0 Å². The first-order valence-electron chi connectivity index (χ1n) is 9.70. The van der Waals surface area contributed by atoms with Gasteiger partial charge in [0, 0.05) is 12.3 Å². The summed E-state index contributed by atoms with van der Waals surface area (Å²) in [6.45, 7) is 5.35. The number of methoxy groups -OCH3 is 1. The summed E-state index contributed by atoms with van der Waals surface area (Å²) in [5, 5.41) is 9.63. The molecule has 154 valence electrons. The first kappa shape index (κ1) is 22.1. The maximum absolute atomic E-state index is 12.5. The fourth-order valence-corrected chi connectivity index (χ4v) is 3.30. The lowest BCUT2D eigenvalue weighted by Crippen LogP contribution is -2.26. The van der Waals surface area contributed by atoms with Crippen LogP contribution in [-0.2, 0) is 25.5 Å². The molecular weight excluding hydrogens is 360 g/mol. The summed E-state index contributed by atoms with van der Waals surface area (Å²) >= 11 is 0. The number of esters is 2. The lowest BCUT2D eigenvalue weighted by molar-refractivity contribution is -0.147.